The Balaban J connectivity index is 2.85. The first-order valence-corrected chi connectivity index (χ1v) is 4.93. The number of nitro groups is 1. The van der Waals surface area contributed by atoms with Crippen molar-refractivity contribution in [3.63, 3.8) is 0 Å². The molecule has 0 aliphatic rings. The number of nitrogens with zero attached hydrogens (tertiary/aromatic N) is 1. The Kier molecular flexibility index (Phi) is 4.41. The quantitative estimate of drug-likeness (QED) is 0.546. The van der Waals surface area contributed by atoms with Gasteiger partial charge in [0.2, 0.25) is 5.91 Å². The van der Waals surface area contributed by atoms with E-state index in [0.29, 0.717) is 5.56 Å². The lowest BCUT2D eigenvalue weighted by molar-refractivity contribution is -0.385. The predicted molar refractivity (Wildman–Crippen MR) is 60.3 cm³/mol. The smallest absolute Gasteiger partial charge is 0.310 e. The number of nitro benzene ring substituents is 1. The molecule has 1 amide bonds. The zero-order valence-corrected chi connectivity index (χ0v) is 9.09. The molecule has 92 valence electrons. The molecule has 0 radical (unpaired) electrons. The minimum absolute atomic E-state index is 0.00398. The van der Waals surface area contributed by atoms with Gasteiger partial charge in [-0.15, -0.1) is 0 Å². The second-order valence-corrected chi connectivity index (χ2v) is 3.33. The van der Waals surface area contributed by atoms with Gasteiger partial charge in [0.15, 0.2) is 5.75 Å². The number of hydrogen-bond donors (Lipinski definition) is 2. The molecule has 0 fully saturated rings. The van der Waals surface area contributed by atoms with E-state index in [9.17, 15) is 14.9 Å². The number of amides is 1. The molecule has 4 N–H and O–H groups in total. The summed E-state index contributed by atoms with van der Waals surface area (Å²) in [7, 11) is 0. The fourth-order valence-corrected chi connectivity index (χ4v) is 1.21. The molecule has 17 heavy (non-hydrogen) atoms. The number of nitrogens with two attached hydrogens (primary N) is 2. The van der Waals surface area contributed by atoms with E-state index in [1.54, 1.807) is 6.07 Å². The molecule has 0 saturated heterocycles. The summed E-state index contributed by atoms with van der Waals surface area (Å²) in [6, 6.07) is 4.36. The molecule has 1 rings (SSSR count). The minimum Gasteiger partial charge on any atom is -0.486 e. The predicted octanol–water partition coefficient (Wildman–Crippen LogP) is 0.308. The molecule has 7 nitrogen and oxygen atoms in total. The van der Waals surface area contributed by atoms with Crippen LogP contribution < -0.4 is 16.2 Å². The molecular weight excluding hydrogens is 226 g/mol. The maximum absolute atomic E-state index is 10.7. The standard InChI is InChI=1S/C10H13N3O4/c11-6-7-1-2-8(13(15)16)9(5-7)17-4-3-10(12)14/h1-2,5H,3-4,6,11H2,(H2,12,14). The molecule has 0 atom stereocenters. The normalized spacial score (nSPS) is 9.94. The van der Waals surface area contributed by atoms with Crippen molar-refractivity contribution >= 4 is 11.6 Å². The van der Waals surface area contributed by atoms with Crippen molar-refractivity contribution in [1.29, 1.82) is 0 Å². The second kappa shape index (κ2) is 5.80. The number of ether oxygens (including phenoxy) is 1. The van der Waals surface area contributed by atoms with Crippen molar-refractivity contribution in [2.75, 3.05) is 6.61 Å². The zero-order chi connectivity index (χ0) is 12.8. The second-order valence-electron chi connectivity index (χ2n) is 3.33. The van der Waals surface area contributed by atoms with E-state index in [2.05, 4.69) is 0 Å². The number of benzene rings is 1. The zero-order valence-electron chi connectivity index (χ0n) is 9.09. The van der Waals surface area contributed by atoms with E-state index in [4.69, 9.17) is 16.2 Å². The molecule has 0 aliphatic heterocycles. The number of rotatable bonds is 6. The molecule has 0 unspecified atom stereocenters. The minimum atomic E-state index is -0.556. The third-order valence-electron chi connectivity index (χ3n) is 2.06. The molecule has 0 aliphatic carbocycles. The Morgan fingerprint density at radius 3 is 2.71 bits per heavy atom. The first-order chi connectivity index (χ1) is 8.04. The van der Waals surface area contributed by atoms with Crippen molar-refractivity contribution in [1.82, 2.24) is 0 Å². The Labute approximate surface area is 97.5 Å². The summed E-state index contributed by atoms with van der Waals surface area (Å²) in [5, 5.41) is 10.7. The van der Waals surface area contributed by atoms with Crippen LogP contribution in [0.5, 0.6) is 5.75 Å². The molecular formula is C10H13N3O4. The van der Waals surface area contributed by atoms with Gasteiger partial charge in [0.1, 0.15) is 0 Å². The fraction of sp³-hybridized carbons (Fsp3) is 0.300. The molecule has 0 heterocycles. The monoisotopic (exact) mass is 239 g/mol. The van der Waals surface area contributed by atoms with Crippen LogP contribution in [-0.4, -0.2) is 17.4 Å². The van der Waals surface area contributed by atoms with Crippen LogP contribution in [-0.2, 0) is 11.3 Å². The molecule has 0 saturated carbocycles. The van der Waals surface area contributed by atoms with Gasteiger partial charge in [0.25, 0.3) is 0 Å². The van der Waals surface area contributed by atoms with Gasteiger partial charge in [0.05, 0.1) is 18.0 Å². The lowest BCUT2D eigenvalue weighted by Gasteiger charge is -2.07. The van der Waals surface area contributed by atoms with E-state index in [1.165, 1.54) is 12.1 Å². The Bertz CT molecular complexity index is 434. The van der Waals surface area contributed by atoms with Crippen LogP contribution in [0.1, 0.15) is 12.0 Å². The summed E-state index contributed by atoms with van der Waals surface area (Å²) in [5.41, 5.74) is 10.9. The van der Waals surface area contributed by atoms with Gasteiger partial charge in [-0.25, -0.2) is 0 Å². The Hall–Kier alpha value is -2.15. The largest absolute Gasteiger partial charge is 0.486 e. The number of hydrogen-bond acceptors (Lipinski definition) is 5. The van der Waals surface area contributed by atoms with Gasteiger partial charge in [0, 0.05) is 12.6 Å². The van der Waals surface area contributed by atoms with Crippen LogP contribution in [0.15, 0.2) is 18.2 Å². The van der Waals surface area contributed by atoms with Crippen LogP contribution in [0.25, 0.3) is 0 Å². The fourth-order valence-electron chi connectivity index (χ4n) is 1.21. The first-order valence-electron chi connectivity index (χ1n) is 4.93. The van der Waals surface area contributed by atoms with E-state index in [0.717, 1.165) is 0 Å². The van der Waals surface area contributed by atoms with E-state index < -0.39 is 10.8 Å². The highest BCUT2D eigenvalue weighted by atomic mass is 16.6. The van der Waals surface area contributed by atoms with Gasteiger partial charge in [-0.2, -0.15) is 0 Å². The van der Waals surface area contributed by atoms with Gasteiger partial charge in [-0.1, -0.05) is 6.07 Å². The molecule has 0 spiro atoms. The van der Waals surface area contributed by atoms with Crippen LogP contribution in [0.2, 0.25) is 0 Å². The SMILES string of the molecule is NCc1ccc([N+](=O)[O-])c(OCCC(N)=O)c1. The molecule has 1 aromatic rings. The van der Waals surface area contributed by atoms with Crippen molar-refractivity contribution < 1.29 is 14.5 Å². The highest BCUT2D eigenvalue weighted by Crippen LogP contribution is 2.27. The van der Waals surface area contributed by atoms with Crippen LogP contribution in [0.4, 0.5) is 5.69 Å². The van der Waals surface area contributed by atoms with Crippen molar-refractivity contribution in [3.05, 3.63) is 33.9 Å². The summed E-state index contributed by atoms with van der Waals surface area (Å²) in [4.78, 5) is 20.7. The topological polar surface area (TPSA) is 121 Å². The van der Waals surface area contributed by atoms with E-state index in [-0.39, 0.29) is 31.0 Å². The number of carbonyl (C=O) groups excluding carboxylic acids is 1. The van der Waals surface area contributed by atoms with Gasteiger partial charge in [-0.05, 0) is 11.6 Å². The lowest BCUT2D eigenvalue weighted by Crippen LogP contribution is -2.15. The van der Waals surface area contributed by atoms with Gasteiger partial charge in [-0.3, -0.25) is 14.9 Å². The third kappa shape index (κ3) is 3.72. The number of primary amides is 1. The summed E-state index contributed by atoms with van der Waals surface area (Å²) >= 11 is 0. The molecule has 7 heteroatoms. The van der Waals surface area contributed by atoms with Gasteiger partial charge >= 0.3 is 5.69 Å². The van der Waals surface area contributed by atoms with Crippen molar-refractivity contribution in [2.24, 2.45) is 11.5 Å². The molecule has 1 aromatic carbocycles. The summed E-state index contributed by atoms with van der Waals surface area (Å²) in [6.45, 7) is 0.258. The maximum atomic E-state index is 10.7. The van der Waals surface area contributed by atoms with E-state index in [1.807, 2.05) is 0 Å². The molecule has 0 aromatic heterocycles. The van der Waals surface area contributed by atoms with E-state index >= 15 is 0 Å². The van der Waals surface area contributed by atoms with Gasteiger partial charge < -0.3 is 16.2 Å². The van der Waals surface area contributed by atoms with Crippen LogP contribution in [0, 0.1) is 10.1 Å². The molecule has 0 bridgehead atoms. The maximum Gasteiger partial charge on any atom is 0.310 e. The summed E-state index contributed by atoms with van der Waals surface area (Å²) < 4.78 is 5.15. The highest BCUT2D eigenvalue weighted by Gasteiger charge is 2.15. The average molecular weight is 239 g/mol. The van der Waals surface area contributed by atoms with Crippen LogP contribution >= 0.6 is 0 Å². The summed E-state index contributed by atoms with van der Waals surface area (Å²) in [5.74, 6) is -0.429. The Morgan fingerprint density at radius 2 is 2.18 bits per heavy atom. The highest BCUT2D eigenvalue weighted by molar-refractivity contribution is 5.73. The number of carbonyl (C=O) groups is 1. The van der Waals surface area contributed by atoms with Crippen LogP contribution in [0.3, 0.4) is 0 Å². The Morgan fingerprint density at radius 1 is 1.47 bits per heavy atom. The van der Waals surface area contributed by atoms with Crippen molar-refractivity contribution in [2.45, 2.75) is 13.0 Å². The first kappa shape index (κ1) is 12.9. The summed E-state index contributed by atoms with van der Waals surface area (Å²) in [6.07, 6.45) is 0.00398. The lowest BCUT2D eigenvalue weighted by atomic mass is 10.2. The van der Waals surface area contributed by atoms with Crippen molar-refractivity contribution in [3.8, 4) is 5.75 Å². The average Bonchev–Trinajstić information content (AvgIpc) is 2.28. The third-order valence-corrected chi connectivity index (χ3v) is 2.06.